The molecule has 7 nitrogen and oxygen atoms in total. The lowest BCUT2D eigenvalue weighted by Crippen LogP contribution is -2.44. The second-order valence-electron chi connectivity index (χ2n) is 5.13. The molecule has 1 atom stereocenters. The molecule has 0 saturated carbocycles. The summed E-state index contributed by atoms with van der Waals surface area (Å²) < 4.78 is 28.9. The normalized spacial score (nSPS) is 21.2. The first kappa shape index (κ1) is 15.6. The van der Waals surface area contributed by atoms with Crippen molar-refractivity contribution in [2.45, 2.75) is 32.2 Å². The largest absolute Gasteiger partial charge is 0.409 e. The van der Waals surface area contributed by atoms with E-state index in [2.05, 4.69) is 9.88 Å². The van der Waals surface area contributed by atoms with Gasteiger partial charge in [0.2, 0.25) is 0 Å². The molecule has 1 aromatic rings. The van der Waals surface area contributed by atoms with E-state index in [9.17, 15) is 8.42 Å². The van der Waals surface area contributed by atoms with Gasteiger partial charge in [-0.15, -0.1) is 0 Å². The van der Waals surface area contributed by atoms with Gasteiger partial charge in [0.05, 0.1) is 5.69 Å². The molecule has 4 N–H and O–H groups in total. The predicted octanol–water partition coefficient (Wildman–Crippen LogP) is 1.31. The maximum absolute atomic E-state index is 12.4. The Morgan fingerprint density at radius 2 is 2.24 bits per heavy atom. The summed E-state index contributed by atoms with van der Waals surface area (Å²) in [5.74, 6) is -0.0672. The zero-order valence-corrected chi connectivity index (χ0v) is 12.7. The number of nitrogens with two attached hydrogens (primary N) is 1. The predicted molar refractivity (Wildman–Crippen MR) is 81.5 cm³/mol. The zero-order chi connectivity index (χ0) is 15.5. The van der Waals surface area contributed by atoms with Crippen LogP contribution in [0.4, 0.5) is 5.69 Å². The third kappa shape index (κ3) is 3.64. The Hall–Kier alpha value is -1.80. The monoisotopic (exact) mass is 312 g/mol. The number of hydrogen-bond donors (Lipinski definition) is 3. The highest BCUT2D eigenvalue weighted by molar-refractivity contribution is 7.90. The van der Waals surface area contributed by atoms with E-state index in [-0.39, 0.29) is 11.9 Å². The van der Waals surface area contributed by atoms with Crippen LogP contribution in [0.5, 0.6) is 0 Å². The summed E-state index contributed by atoms with van der Waals surface area (Å²) in [7, 11) is -3.59. The Bertz CT molecular complexity index is 630. The van der Waals surface area contributed by atoms with Crippen LogP contribution in [0, 0.1) is 0 Å². The highest BCUT2D eigenvalue weighted by Gasteiger charge is 2.29. The van der Waals surface area contributed by atoms with Crippen LogP contribution in [0.3, 0.4) is 0 Å². The third-order valence-electron chi connectivity index (χ3n) is 3.56. The number of amidine groups is 1. The van der Waals surface area contributed by atoms with E-state index in [1.807, 2.05) is 6.92 Å². The molecule has 1 aromatic carbocycles. The van der Waals surface area contributed by atoms with Gasteiger partial charge < -0.3 is 10.9 Å². The van der Waals surface area contributed by atoms with Crippen molar-refractivity contribution in [1.29, 1.82) is 0 Å². The van der Waals surface area contributed by atoms with Crippen LogP contribution >= 0.6 is 0 Å². The Morgan fingerprint density at radius 3 is 2.90 bits per heavy atom. The van der Waals surface area contributed by atoms with Crippen molar-refractivity contribution in [3.63, 3.8) is 0 Å². The van der Waals surface area contributed by atoms with E-state index >= 15 is 0 Å². The Labute approximate surface area is 124 Å². The summed E-state index contributed by atoms with van der Waals surface area (Å²) in [5.41, 5.74) is 6.34. The molecule has 21 heavy (non-hydrogen) atoms. The van der Waals surface area contributed by atoms with Crippen LogP contribution in [-0.2, 0) is 10.2 Å². The molecule has 8 heteroatoms. The molecular formula is C13H20N4O3S. The standard InChI is InChI=1S/C13H20N4O3S/c1-10-5-2-3-8-17(10)21(19,20)16-12-7-4-6-11(9-12)13(14)15-18/h4,6-7,9-10,16,18H,2-3,5,8H2,1H3,(H2,14,15). The Morgan fingerprint density at radius 1 is 1.48 bits per heavy atom. The second-order valence-corrected chi connectivity index (χ2v) is 6.75. The number of nitrogens with one attached hydrogen (secondary N) is 1. The molecule has 1 fully saturated rings. The Kier molecular flexibility index (Phi) is 4.69. The summed E-state index contributed by atoms with van der Waals surface area (Å²) in [5, 5.41) is 11.6. The lowest BCUT2D eigenvalue weighted by atomic mass is 10.1. The molecular weight excluding hydrogens is 292 g/mol. The van der Waals surface area contributed by atoms with E-state index in [0.29, 0.717) is 17.8 Å². The van der Waals surface area contributed by atoms with Gasteiger partial charge in [0.1, 0.15) is 0 Å². The molecule has 0 aliphatic carbocycles. The molecule has 1 unspecified atom stereocenters. The number of anilines is 1. The number of rotatable bonds is 4. The van der Waals surface area contributed by atoms with Crippen molar-refractivity contribution < 1.29 is 13.6 Å². The molecule has 0 radical (unpaired) electrons. The van der Waals surface area contributed by atoms with E-state index in [0.717, 1.165) is 19.3 Å². The first-order valence-electron chi connectivity index (χ1n) is 6.81. The first-order chi connectivity index (χ1) is 9.94. The molecule has 1 saturated heterocycles. The smallest absolute Gasteiger partial charge is 0.301 e. The molecule has 0 amide bonds. The average molecular weight is 312 g/mol. The summed E-state index contributed by atoms with van der Waals surface area (Å²) in [6.07, 6.45) is 2.78. The number of benzene rings is 1. The molecule has 1 aliphatic rings. The van der Waals surface area contributed by atoms with E-state index in [1.54, 1.807) is 18.2 Å². The van der Waals surface area contributed by atoms with Crippen molar-refractivity contribution in [3.05, 3.63) is 29.8 Å². The van der Waals surface area contributed by atoms with Crippen LogP contribution in [0.25, 0.3) is 0 Å². The summed E-state index contributed by atoms with van der Waals surface area (Å²) in [6.45, 7) is 2.43. The SMILES string of the molecule is CC1CCCCN1S(=O)(=O)Nc1cccc(/C(N)=N/O)c1. The molecule has 1 heterocycles. The van der Waals surface area contributed by atoms with Gasteiger partial charge >= 0.3 is 10.2 Å². The zero-order valence-electron chi connectivity index (χ0n) is 11.9. The van der Waals surface area contributed by atoms with Gasteiger partial charge in [-0.2, -0.15) is 12.7 Å². The Balaban J connectivity index is 2.20. The maximum Gasteiger partial charge on any atom is 0.301 e. The second kappa shape index (κ2) is 6.31. The third-order valence-corrected chi connectivity index (χ3v) is 5.22. The fourth-order valence-corrected chi connectivity index (χ4v) is 3.93. The van der Waals surface area contributed by atoms with Crippen molar-refractivity contribution >= 4 is 21.7 Å². The van der Waals surface area contributed by atoms with Crippen LogP contribution in [0.2, 0.25) is 0 Å². The fraction of sp³-hybridized carbons (Fsp3) is 0.462. The highest BCUT2D eigenvalue weighted by atomic mass is 32.2. The van der Waals surface area contributed by atoms with E-state index in [4.69, 9.17) is 10.9 Å². The molecule has 0 aromatic heterocycles. The van der Waals surface area contributed by atoms with E-state index in [1.165, 1.54) is 10.4 Å². The molecule has 0 spiro atoms. The van der Waals surface area contributed by atoms with Gasteiger partial charge in [-0.05, 0) is 31.9 Å². The van der Waals surface area contributed by atoms with Crippen molar-refractivity contribution in [3.8, 4) is 0 Å². The maximum atomic E-state index is 12.4. The highest BCUT2D eigenvalue weighted by Crippen LogP contribution is 2.22. The van der Waals surface area contributed by atoms with Gasteiger partial charge in [0.15, 0.2) is 5.84 Å². The van der Waals surface area contributed by atoms with Crippen LogP contribution in [-0.4, -0.2) is 36.4 Å². The quantitative estimate of drug-likeness (QED) is 0.337. The van der Waals surface area contributed by atoms with E-state index < -0.39 is 10.2 Å². The lowest BCUT2D eigenvalue weighted by molar-refractivity contribution is 0.270. The minimum absolute atomic E-state index is 0.0106. The molecule has 0 bridgehead atoms. The van der Waals surface area contributed by atoms with Gasteiger partial charge in [0.25, 0.3) is 0 Å². The lowest BCUT2D eigenvalue weighted by Gasteiger charge is -2.32. The summed E-state index contributed by atoms with van der Waals surface area (Å²) >= 11 is 0. The minimum atomic E-state index is -3.59. The summed E-state index contributed by atoms with van der Waals surface area (Å²) in [6, 6.07) is 6.42. The van der Waals surface area contributed by atoms with Crippen LogP contribution in [0.1, 0.15) is 31.7 Å². The molecule has 116 valence electrons. The number of nitrogens with zero attached hydrogens (tertiary/aromatic N) is 2. The summed E-state index contributed by atoms with van der Waals surface area (Å²) in [4.78, 5) is 0. The number of oxime groups is 1. The number of piperidine rings is 1. The van der Waals surface area contributed by atoms with Crippen molar-refractivity contribution in [2.24, 2.45) is 10.9 Å². The van der Waals surface area contributed by atoms with Gasteiger partial charge in [-0.3, -0.25) is 4.72 Å². The van der Waals surface area contributed by atoms with Crippen LogP contribution < -0.4 is 10.5 Å². The number of hydrogen-bond acceptors (Lipinski definition) is 4. The molecule has 2 rings (SSSR count). The topological polar surface area (TPSA) is 108 Å². The van der Waals surface area contributed by atoms with Crippen LogP contribution in [0.15, 0.2) is 29.4 Å². The van der Waals surface area contributed by atoms with Crippen molar-refractivity contribution in [1.82, 2.24) is 4.31 Å². The molecule has 1 aliphatic heterocycles. The minimum Gasteiger partial charge on any atom is -0.409 e. The average Bonchev–Trinajstić information content (AvgIpc) is 2.46. The van der Waals surface area contributed by atoms with Gasteiger partial charge in [-0.1, -0.05) is 23.7 Å². The first-order valence-corrected chi connectivity index (χ1v) is 8.25. The van der Waals surface area contributed by atoms with Gasteiger partial charge in [0, 0.05) is 18.2 Å². The fourth-order valence-electron chi connectivity index (χ4n) is 2.44. The van der Waals surface area contributed by atoms with Gasteiger partial charge in [-0.25, -0.2) is 0 Å². The van der Waals surface area contributed by atoms with Crippen molar-refractivity contribution in [2.75, 3.05) is 11.3 Å².